The zero-order chi connectivity index (χ0) is 18.3. The molecule has 2 aromatic rings. The van der Waals surface area contributed by atoms with Crippen molar-refractivity contribution >= 4 is 0 Å². The highest BCUT2D eigenvalue weighted by atomic mass is 19.1. The number of rotatable bonds is 2. The van der Waals surface area contributed by atoms with Gasteiger partial charge in [0.25, 0.3) is 0 Å². The summed E-state index contributed by atoms with van der Waals surface area (Å²) in [6.07, 6.45) is 0. The van der Waals surface area contributed by atoms with Crippen LogP contribution >= 0.6 is 0 Å². The number of nitrogens with zero attached hydrogens (tertiary/aromatic N) is 2. The van der Waals surface area contributed by atoms with Crippen molar-refractivity contribution in [1.29, 1.82) is 10.5 Å². The number of hydrogen-bond acceptors (Lipinski definition) is 4. The molecule has 0 bridgehead atoms. The predicted octanol–water partition coefficient (Wildman–Crippen LogP) is 5.05. The van der Waals surface area contributed by atoms with E-state index < -0.39 is 40.1 Å². The minimum Gasteiger partial charge on any atom is -0.508 e. The highest BCUT2D eigenvalue weighted by Gasteiger charge is 2.10. The van der Waals surface area contributed by atoms with Crippen molar-refractivity contribution in [3.8, 4) is 23.6 Å². The molecule has 1 N–H and O–H groups in total. The molecule has 0 unspecified atom stereocenters. The van der Waals surface area contributed by atoms with Crippen molar-refractivity contribution in [1.82, 2.24) is 0 Å². The Kier molecular flexibility index (Phi) is 10.9. The van der Waals surface area contributed by atoms with E-state index in [1.807, 2.05) is 0 Å². The van der Waals surface area contributed by atoms with Gasteiger partial charge in [0.15, 0.2) is 0 Å². The fourth-order valence-corrected chi connectivity index (χ4v) is 1.57. The van der Waals surface area contributed by atoms with Gasteiger partial charge in [-0.2, -0.15) is 10.5 Å². The molecular formula is C18H18F4N2O2. The Morgan fingerprint density at radius 2 is 1.19 bits per heavy atom. The van der Waals surface area contributed by atoms with E-state index in [4.69, 9.17) is 20.4 Å². The van der Waals surface area contributed by atoms with Crippen LogP contribution in [0.25, 0.3) is 0 Å². The van der Waals surface area contributed by atoms with E-state index in [0.29, 0.717) is 18.7 Å². The topological polar surface area (TPSA) is 77.0 Å². The maximum Gasteiger partial charge on any atom is 0.147 e. The van der Waals surface area contributed by atoms with Crippen molar-refractivity contribution in [2.24, 2.45) is 0 Å². The molecule has 26 heavy (non-hydrogen) atoms. The average Bonchev–Trinajstić information content (AvgIpc) is 2.47. The third kappa shape index (κ3) is 6.33. The second kappa shape index (κ2) is 11.3. The molecule has 0 radical (unpaired) electrons. The van der Waals surface area contributed by atoms with E-state index >= 15 is 0 Å². The summed E-state index contributed by atoms with van der Waals surface area (Å²) in [4.78, 5) is 0. The molecule has 8 heteroatoms. The van der Waals surface area contributed by atoms with Crippen molar-refractivity contribution < 1.29 is 27.4 Å². The first kappa shape index (κ1) is 25.0. The smallest absolute Gasteiger partial charge is 0.147 e. The van der Waals surface area contributed by atoms with Crippen molar-refractivity contribution in [3.63, 3.8) is 0 Å². The summed E-state index contributed by atoms with van der Waals surface area (Å²) >= 11 is 0. The largest absolute Gasteiger partial charge is 0.508 e. The van der Waals surface area contributed by atoms with E-state index in [0.717, 1.165) is 12.1 Å². The predicted molar refractivity (Wildman–Crippen MR) is 88.4 cm³/mol. The van der Waals surface area contributed by atoms with Gasteiger partial charge in [0.1, 0.15) is 58.0 Å². The summed E-state index contributed by atoms with van der Waals surface area (Å²) in [7, 11) is 0. The zero-order valence-corrected chi connectivity index (χ0v) is 12.3. The summed E-state index contributed by atoms with van der Waals surface area (Å²) in [6.45, 7) is 2.03. The molecule has 2 aromatic carbocycles. The molecule has 0 saturated carbocycles. The van der Waals surface area contributed by atoms with Crippen LogP contribution in [0.2, 0.25) is 0 Å². The Morgan fingerprint density at radius 1 is 0.846 bits per heavy atom. The van der Waals surface area contributed by atoms with Crippen LogP contribution in [0.4, 0.5) is 17.6 Å². The minimum absolute atomic E-state index is 0. The molecule has 0 saturated heterocycles. The van der Waals surface area contributed by atoms with Gasteiger partial charge >= 0.3 is 0 Å². The molecule has 140 valence electrons. The van der Waals surface area contributed by atoms with Gasteiger partial charge < -0.3 is 9.84 Å². The molecule has 0 amide bonds. The number of nitriles is 2. The molecule has 2 rings (SSSR count). The quantitative estimate of drug-likeness (QED) is 0.751. The summed E-state index contributed by atoms with van der Waals surface area (Å²) in [5.41, 5.74) is -1.26. The van der Waals surface area contributed by atoms with Crippen LogP contribution in [-0.2, 0) is 0 Å². The molecule has 0 heterocycles. The van der Waals surface area contributed by atoms with Gasteiger partial charge in [-0.3, -0.25) is 0 Å². The monoisotopic (exact) mass is 370 g/mol. The molecule has 0 fully saturated rings. The fraction of sp³-hybridized carbons (Fsp3) is 0.222. The molecule has 0 aliphatic rings. The Hall–Kier alpha value is -3.26. The molecule has 0 spiro atoms. The standard InChI is InChI=1S/C9H7F2NO.C7H3F2NO.2CH4/c1-2-13-6-3-8(10)7(5-12)9(11)4-6;8-6-1-4(11)2-7(9)5(6)3-10;;/h3-4H,2H2,1H3;1-2,11H;2*1H4. The highest BCUT2D eigenvalue weighted by Crippen LogP contribution is 2.20. The van der Waals surface area contributed by atoms with E-state index in [-0.39, 0.29) is 20.6 Å². The number of aromatic hydroxyl groups is 1. The summed E-state index contributed by atoms with van der Waals surface area (Å²) in [5, 5.41) is 25.2. The lowest BCUT2D eigenvalue weighted by molar-refractivity contribution is 0.335. The van der Waals surface area contributed by atoms with Crippen LogP contribution in [0.15, 0.2) is 24.3 Å². The number of halogens is 4. The lowest BCUT2D eigenvalue weighted by Gasteiger charge is -2.03. The summed E-state index contributed by atoms with van der Waals surface area (Å²) in [5.74, 6) is -4.33. The number of hydrogen-bond donors (Lipinski definition) is 1. The first-order valence-corrected chi connectivity index (χ1v) is 6.44. The van der Waals surface area contributed by atoms with E-state index in [9.17, 15) is 17.6 Å². The first-order chi connectivity index (χ1) is 11.3. The van der Waals surface area contributed by atoms with Gasteiger partial charge in [-0.15, -0.1) is 0 Å². The van der Waals surface area contributed by atoms with Gasteiger partial charge in [-0.25, -0.2) is 17.6 Å². The van der Waals surface area contributed by atoms with Crippen LogP contribution < -0.4 is 4.74 Å². The number of phenolic OH excluding ortho intramolecular Hbond substituents is 1. The summed E-state index contributed by atoms with van der Waals surface area (Å²) < 4.78 is 55.6. The number of benzene rings is 2. The lowest BCUT2D eigenvalue weighted by Crippen LogP contribution is -1.96. The van der Waals surface area contributed by atoms with E-state index in [2.05, 4.69) is 0 Å². The number of ether oxygens (including phenoxy) is 1. The minimum atomic E-state index is -1.05. The molecule has 0 atom stereocenters. The third-order valence-electron chi connectivity index (χ3n) is 2.58. The van der Waals surface area contributed by atoms with Gasteiger partial charge in [-0.1, -0.05) is 14.9 Å². The van der Waals surface area contributed by atoms with E-state index in [1.54, 1.807) is 6.92 Å². The van der Waals surface area contributed by atoms with Crippen molar-refractivity contribution in [2.75, 3.05) is 6.61 Å². The van der Waals surface area contributed by atoms with Crippen molar-refractivity contribution in [3.05, 3.63) is 58.7 Å². The molecule has 0 aliphatic carbocycles. The van der Waals surface area contributed by atoms with Crippen molar-refractivity contribution in [2.45, 2.75) is 21.8 Å². The molecule has 0 aliphatic heterocycles. The average molecular weight is 370 g/mol. The maximum atomic E-state index is 12.9. The Morgan fingerprint density at radius 3 is 1.50 bits per heavy atom. The van der Waals surface area contributed by atoms with Gasteiger partial charge in [-0.05, 0) is 6.92 Å². The van der Waals surface area contributed by atoms with E-state index in [1.165, 1.54) is 12.1 Å². The second-order valence-electron chi connectivity index (χ2n) is 4.20. The van der Waals surface area contributed by atoms with Crippen LogP contribution in [0, 0.1) is 45.9 Å². The highest BCUT2D eigenvalue weighted by molar-refractivity contribution is 5.38. The van der Waals surface area contributed by atoms with Crippen LogP contribution in [0.3, 0.4) is 0 Å². The molecular weight excluding hydrogens is 352 g/mol. The SMILES string of the molecule is C.C.CCOc1cc(F)c(C#N)c(F)c1.N#Cc1c(F)cc(O)cc1F. The Labute approximate surface area is 149 Å². The van der Waals surface area contributed by atoms with Crippen LogP contribution in [0.5, 0.6) is 11.5 Å². The van der Waals surface area contributed by atoms with Crippen LogP contribution in [-0.4, -0.2) is 11.7 Å². The Bertz CT molecular complexity index is 781. The van der Waals surface area contributed by atoms with Gasteiger partial charge in [0.05, 0.1) is 6.61 Å². The second-order valence-corrected chi connectivity index (χ2v) is 4.20. The molecule has 4 nitrogen and oxygen atoms in total. The molecule has 0 aromatic heterocycles. The fourth-order valence-electron chi connectivity index (χ4n) is 1.57. The first-order valence-electron chi connectivity index (χ1n) is 6.44. The van der Waals surface area contributed by atoms with Crippen LogP contribution in [0.1, 0.15) is 32.9 Å². The normalized spacial score (nSPS) is 8.58. The maximum absolute atomic E-state index is 12.9. The number of phenols is 1. The summed E-state index contributed by atoms with van der Waals surface area (Å²) in [6, 6.07) is 6.10. The lowest BCUT2D eigenvalue weighted by atomic mass is 10.2. The van der Waals surface area contributed by atoms with Gasteiger partial charge in [0, 0.05) is 24.3 Å². The van der Waals surface area contributed by atoms with Gasteiger partial charge in [0.2, 0.25) is 0 Å². The Balaban J connectivity index is 0. The third-order valence-corrected chi connectivity index (χ3v) is 2.58. The zero-order valence-electron chi connectivity index (χ0n) is 12.3.